The maximum absolute atomic E-state index is 14.5. The molecule has 0 heterocycles. The molecule has 0 aromatic heterocycles. The largest absolute Gasteiger partial charge is 0.444 e. The smallest absolute Gasteiger partial charge is 0.408 e. The van der Waals surface area contributed by atoms with E-state index < -0.39 is 36.6 Å². The molecule has 0 saturated carbocycles. The van der Waals surface area contributed by atoms with Crippen LogP contribution in [0.25, 0.3) is 0 Å². The highest BCUT2D eigenvalue weighted by Gasteiger charge is 2.32. The molecule has 1 aromatic rings. The molecule has 3 atom stereocenters. The number of carbonyl (C=O) groups is 1. The lowest BCUT2D eigenvalue weighted by molar-refractivity contribution is 0.0145. The predicted molar refractivity (Wildman–Crippen MR) is 76.5 cm³/mol. The summed E-state index contributed by atoms with van der Waals surface area (Å²) < 4.78 is 19.5. The topological polar surface area (TPSA) is 78.8 Å². The van der Waals surface area contributed by atoms with Crippen molar-refractivity contribution in [3.63, 3.8) is 0 Å². The quantitative estimate of drug-likeness (QED) is 0.776. The van der Waals surface area contributed by atoms with E-state index >= 15 is 0 Å². The third-order valence-electron chi connectivity index (χ3n) is 2.72. The van der Waals surface area contributed by atoms with Gasteiger partial charge in [-0.2, -0.15) is 0 Å². The van der Waals surface area contributed by atoms with Crippen molar-refractivity contribution in [1.29, 1.82) is 0 Å². The summed E-state index contributed by atoms with van der Waals surface area (Å²) in [6.07, 6.45) is -3.95. The molecule has 3 N–H and O–H groups in total. The summed E-state index contributed by atoms with van der Waals surface area (Å²) in [5.74, 6) is 0. The Morgan fingerprint density at radius 3 is 2.38 bits per heavy atom. The van der Waals surface area contributed by atoms with Crippen LogP contribution in [0.1, 0.15) is 32.5 Å². The Balaban J connectivity index is 2.84. The molecule has 5 nitrogen and oxygen atoms in total. The second kappa shape index (κ2) is 7.38. The summed E-state index contributed by atoms with van der Waals surface area (Å²) in [6, 6.07) is 6.81. The van der Waals surface area contributed by atoms with Gasteiger partial charge in [0, 0.05) is 0 Å². The standard InChI is InChI=1S/C15H22FNO4/c1-15(2,3)21-14(20)17-13(11(19)9-18)12(16)10-7-5-4-6-8-10/h4-8,11-13,18-19H,9H2,1-3H3,(H,17,20)/t11?,12-,13+/m0/s1. The first-order valence-corrected chi connectivity index (χ1v) is 6.72. The van der Waals surface area contributed by atoms with Crippen LogP contribution in [-0.4, -0.2) is 40.7 Å². The SMILES string of the molecule is CC(C)(C)OC(=O)N[C@H](C(O)CO)[C@@H](F)c1ccccc1. The third-order valence-corrected chi connectivity index (χ3v) is 2.72. The fourth-order valence-corrected chi connectivity index (χ4v) is 1.77. The van der Waals surface area contributed by atoms with E-state index in [1.807, 2.05) is 0 Å². The monoisotopic (exact) mass is 299 g/mol. The second-order valence-corrected chi connectivity index (χ2v) is 5.73. The van der Waals surface area contributed by atoms with Crippen molar-refractivity contribution < 1.29 is 24.1 Å². The number of halogens is 1. The molecular formula is C15H22FNO4. The third kappa shape index (κ3) is 5.69. The first kappa shape index (κ1) is 17.4. The van der Waals surface area contributed by atoms with Gasteiger partial charge in [-0.1, -0.05) is 30.3 Å². The lowest BCUT2D eigenvalue weighted by atomic mass is 9.99. The summed E-state index contributed by atoms with van der Waals surface area (Å²) >= 11 is 0. The van der Waals surface area contributed by atoms with Gasteiger partial charge in [0.15, 0.2) is 0 Å². The number of hydrogen-bond donors (Lipinski definition) is 3. The maximum atomic E-state index is 14.5. The lowest BCUT2D eigenvalue weighted by Crippen LogP contribution is -2.49. The Kier molecular flexibility index (Phi) is 6.11. The van der Waals surface area contributed by atoms with Crippen LogP contribution in [0.4, 0.5) is 9.18 Å². The molecule has 1 rings (SSSR count). The molecule has 0 aliphatic heterocycles. The number of amides is 1. The fraction of sp³-hybridized carbons (Fsp3) is 0.533. The highest BCUT2D eigenvalue weighted by molar-refractivity contribution is 5.68. The van der Waals surface area contributed by atoms with E-state index in [9.17, 15) is 14.3 Å². The van der Waals surface area contributed by atoms with Crippen LogP contribution in [-0.2, 0) is 4.74 Å². The van der Waals surface area contributed by atoms with Crippen molar-refractivity contribution in [2.24, 2.45) is 0 Å². The van der Waals surface area contributed by atoms with Crippen molar-refractivity contribution in [1.82, 2.24) is 5.32 Å². The van der Waals surface area contributed by atoms with Crippen molar-refractivity contribution in [3.8, 4) is 0 Å². The molecule has 0 bridgehead atoms. The van der Waals surface area contributed by atoms with E-state index in [0.717, 1.165) is 0 Å². The number of rotatable bonds is 5. The molecule has 1 amide bonds. The second-order valence-electron chi connectivity index (χ2n) is 5.73. The first-order chi connectivity index (χ1) is 9.74. The van der Waals surface area contributed by atoms with Gasteiger partial charge in [0.05, 0.1) is 12.6 Å². The zero-order valence-corrected chi connectivity index (χ0v) is 12.4. The fourth-order valence-electron chi connectivity index (χ4n) is 1.77. The Morgan fingerprint density at radius 1 is 1.33 bits per heavy atom. The Morgan fingerprint density at radius 2 is 1.90 bits per heavy atom. The van der Waals surface area contributed by atoms with Gasteiger partial charge in [-0.3, -0.25) is 0 Å². The minimum absolute atomic E-state index is 0.297. The molecule has 1 unspecified atom stereocenters. The van der Waals surface area contributed by atoms with Gasteiger partial charge in [0.25, 0.3) is 0 Å². The highest BCUT2D eigenvalue weighted by atomic mass is 19.1. The van der Waals surface area contributed by atoms with E-state index in [-0.39, 0.29) is 0 Å². The summed E-state index contributed by atoms with van der Waals surface area (Å²) in [5, 5.41) is 21.1. The number of carbonyl (C=O) groups excluding carboxylic acids is 1. The molecular weight excluding hydrogens is 277 g/mol. The molecule has 0 aliphatic rings. The van der Waals surface area contributed by atoms with Crippen molar-refractivity contribution in [3.05, 3.63) is 35.9 Å². The number of alkyl halides is 1. The normalized spacial score (nSPS) is 15.9. The van der Waals surface area contributed by atoms with E-state index in [2.05, 4.69) is 5.32 Å². The highest BCUT2D eigenvalue weighted by Crippen LogP contribution is 2.23. The van der Waals surface area contributed by atoms with Crippen molar-refractivity contribution in [2.75, 3.05) is 6.61 Å². The molecule has 118 valence electrons. The molecule has 0 saturated heterocycles. The predicted octanol–water partition coefficient (Wildman–Crippen LogP) is 1.94. The number of hydrogen-bond acceptors (Lipinski definition) is 4. The van der Waals surface area contributed by atoms with E-state index in [1.165, 1.54) is 0 Å². The lowest BCUT2D eigenvalue weighted by Gasteiger charge is -2.28. The molecule has 6 heteroatoms. The van der Waals surface area contributed by atoms with Gasteiger partial charge in [0.2, 0.25) is 0 Å². The maximum Gasteiger partial charge on any atom is 0.408 e. The molecule has 0 aliphatic carbocycles. The molecule has 0 radical (unpaired) electrons. The summed E-state index contributed by atoms with van der Waals surface area (Å²) in [7, 11) is 0. The Bertz CT molecular complexity index is 447. The zero-order valence-electron chi connectivity index (χ0n) is 12.4. The number of benzene rings is 1. The van der Waals surface area contributed by atoms with E-state index in [1.54, 1.807) is 51.1 Å². The van der Waals surface area contributed by atoms with Crippen LogP contribution < -0.4 is 5.32 Å². The average molecular weight is 299 g/mol. The molecule has 1 aromatic carbocycles. The van der Waals surface area contributed by atoms with Crippen LogP contribution in [0.3, 0.4) is 0 Å². The zero-order chi connectivity index (χ0) is 16.0. The summed E-state index contributed by atoms with van der Waals surface area (Å²) in [4.78, 5) is 11.7. The van der Waals surface area contributed by atoms with Crippen LogP contribution in [0.2, 0.25) is 0 Å². The number of aliphatic hydroxyl groups is 2. The van der Waals surface area contributed by atoms with Gasteiger partial charge in [-0.25, -0.2) is 9.18 Å². The van der Waals surface area contributed by atoms with Crippen molar-refractivity contribution >= 4 is 6.09 Å². The van der Waals surface area contributed by atoms with Crippen molar-refractivity contribution in [2.45, 2.75) is 44.7 Å². The molecule has 0 spiro atoms. The minimum atomic E-state index is -1.67. The number of aliphatic hydroxyl groups excluding tert-OH is 2. The van der Waals surface area contributed by atoms with Crippen LogP contribution in [0.15, 0.2) is 30.3 Å². The molecule has 0 fully saturated rings. The Labute approximate surface area is 123 Å². The summed E-state index contributed by atoms with van der Waals surface area (Å²) in [5.41, 5.74) is -0.441. The molecule has 21 heavy (non-hydrogen) atoms. The van der Waals surface area contributed by atoms with E-state index in [4.69, 9.17) is 9.84 Å². The number of nitrogens with one attached hydrogen (secondary N) is 1. The van der Waals surface area contributed by atoms with Gasteiger partial charge in [0.1, 0.15) is 17.9 Å². The van der Waals surface area contributed by atoms with Crippen LogP contribution in [0, 0.1) is 0 Å². The minimum Gasteiger partial charge on any atom is -0.444 e. The number of alkyl carbamates (subject to hydrolysis) is 1. The van der Waals surface area contributed by atoms with E-state index in [0.29, 0.717) is 5.56 Å². The van der Waals surface area contributed by atoms with Crippen LogP contribution in [0.5, 0.6) is 0 Å². The summed E-state index contributed by atoms with van der Waals surface area (Å²) in [6.45, 7) is 4.35. The Hall–Kier alpha value is -1.66. The average Bonchev–Trinajstić information content (AvgIpc) is 2.42. The number of ether oxygens (including phenoxy) is 1. The van der Waals surface area contributed by atoms with Gasteiger partial charge >= 0.3 is 6.09 Å². The van der Waals surface area contributed by atoms with Gasteiger partial charge in [-0.15, -0.1) is 0 Å². The van der Waals surface area contributed by atoms with Crippen LogP contribution >= 0.6 is 0 Å². The van der Waals surface area contributed by atoms with Gasteiger partial charge in [-0.05, 0) is 26.3 Å². The van der Waals surface area contributed by atoms with Gasteiger partial charge < -0.3 is 20.3 Å². The first-order valence-electron chi connectivity index (χ1n) is 6.72.